The number of aryl methyl sites for hydroxylation is 1. The Balaban J connectivity index is 2.12. The largest absolute Gasteiger partial charge is 0.339 e. The van der Waals surface area contributed by atoms with Gasteiger partial charge in [-0.3, -0.25) is 0 Å². The van der Waals surface area contributed by atoms with E-state index >= 15 is 0 Å². The van der Waals surface area contributed by atoms with E-state index in [-0.39, 0.29) is 12.0 Å². The van der Waals surface area contributed by atoms with Crippen LogP contribution in [0.25, 0.3) is 0 Å². The Kier molecular flexibility index (Phi) is 3.36. The van der Waals surface area contributed by atoms with Crippen LogP contribution in [-0.2, 0) is 6.42 Å². The van der Waals surface area contributed by atoms with E-state index in [0.717, 1.165) is 31.0 Å². The van der Waals surface area contributed by atoms with E-state index in [1.807, 2.05) is 6.92 Å². The van der Waals surface area contributed by atoms with Crippen molar-refractivity contribution in [3.63, 3.8) is 0 Å². The van der Waals surface area contributed by atoms with Gasteiger partial charge in [-0.05, 0) is 12.8 Å². The van der Waals surface area contributed by atoms with Gasteiger partial charge in [-0.2, -0.15) is 4.98 Å². The zero-order valence-electron chi connectivity index (χ0n) is 9.28. The van der Waals surface area contributed by atoms with Crippen molar-refractivity contribution < 1.29 is 4.52 Å². The second-order valence-electron chi connectivity index (χ2n) is 4.31. The highest BCUT2D eigenvalue weighted by Crippen LogP contribution is 2.29. The van der Waals surface area contributed by atoms with E-state index in [1.54, 1.807) is 0 Å². The number of aromatic nitrogens is 2. The Morgan fingerprint density at radius 3 is 2.87 bits per heavy atom. The average molecular weight is 209 g/mol. The highest BCUT2D eigenvalue weighted by molar-refractivity contribution is 4.99. The van der Waals surface area contributed by atoms with Crippen LogP contribution >= 0.6 is 0 Å². The zero-order chi connectivity index (χ0) is 10.7. The molecule has 1 aromatic heterocycles. The summed E-state index contributed by atoms with van der Waals surface area (Å²) >= 11 is 0. The van der Waals surface area contributed by atoms with Gasteiger partial charge in [0.1, 0.15) is 0 Å². The Bertz CT molecular complexity index is 311. The molecule has 0 aliphatic heterocycles. The summed E-state index contributed by atoms with van der Waals surface area (Å²) in [6, 6.07) is 0.192. The van der Waals surface area contributed by atoms with Crippen molar-refractivity contribution in [1.29, 1.82) is 0 Å². The van der Waals surface area contributed by atoms with Gasteiger partial charge in [-0.15, -0.1) is 0 Å². The van der Waals surface area contributed by atoms with Crippen LogP contribution < -0.4 is 5.73 Å². The molecule has 1 fully saturated rings. The summed E-state index contributed by atoms with van der Waals surface area (Å²) in [5.74, 6) is 1.82. The topological polar surface area (TPSA) is 64.9 Å². The van der Waals surface area contributed by atoms with E-state index in [4.69, 9.17) is 10.3 Å². The summed E-state index contributed by atoms with van der Waals surface area (Å²) in [6.45, 7) is 2.03. The van der Waals surface area contributed by atoms with Crippen molar-refractivity contribution in [3.05, 3.63) is 11.7 Å². The van der Waals surface area contributed by atoms with Crippen molar-refractivity contribution >= 4 is 0 Å². The molecule has 4 nitrogen and oxygen atoms in total. The molecule has 0 bridgehead atoms. The Morgan fingerprint density at radius 2 is 2.13 bits per heavy atom. The second-order valence-corrected chi connectivity index (χ2v) is 4.31. The lowest BCUT2D eigenvalue weighted by Crippen LogP contribution is -2.27. The average Bonchev–Trinajstić information content (AvgIpc) is 2.62. The van der Waals surface area contributed by atoms with Crippen molar-refractivity contribution in [2.45, 2.75) is 57.4 Å². The third-order valence-corrected chi connectivity index (χ3v) is 3.19. The minimum absolute atomic E-state index is 0.192. The van der Waals surface area contributed by atoms with Crippen LogP contribution in [0, 0.1) is 0 Å². The van der Waals surface area contributed by atoms with Crippen molar-refractivity contribution in [3.8, 4) is 0 Å². The van der Waals surface area contributed by atoms with Gasteiger partial charge < -0.3 is 10.3 Å². The van der Waals surface area contributed by atoms with Crippen LogP contribution in [0.1, 0.15) is 56.7 Å². The van der Waals surface area contributed by atoms with Gasteiger partial charge in [0.25, 0.3) is 0 Å². The van der Waals surface area contributed by atoms with E-state index in [2.05, 4.69) is 10.1 Å². The zero-order valence-corrected chi connectivity index (χ0v) is 9.28. The predicted octanol–water partition coefficient (Wildman–Crippen LogP) is 2.01. The number of hydrogen-bond donors (Lipinski definition) is 1. The normalized spacial score (nSPS) is 27.6. The summed E-state index contributed by atoms with van der Waals surface area (Å²) in [5, 5.41) is 3.93. The molecule has 84 valence electrons. The van der Waals surface area contributed by atoms with E-state index < -0.39 is 0 Å². The van der Waals surface area contributed by atoms with Crippen LogP contribution in [-0.4, -0.2) is 16.2 Å². The van der Waals surface area contributed by atoms with Gasteiger partial charge in [0.15, 0.2) is 5.82 Å². The third kappa shape index (κ3) is 2.37. The Labute approximate surface area is 90.2 Å². The first-order chi connectivity index (χ1) is 7.31. The fourth-order valence-electron chi connectivity index (χ4n) is 2.20. The molecule has 1 saturated carbocycles. The minimum atomic E-state index is 0.192. The van der Waals surface area contributed by atoms with Crippen LogP contribution in [0.2, 0.25) is 0 Å². The van der Waals surface area contributed by atoms with Crippen molar-refractivity contribution in [2.75, 3.05) is 0 Å². The van der Waals surface area contributed by atoms with E-state index in [1.165, 1.54) is 19.3 Å². The molecule has 2 N–H and O–H groups in total. The molecule has 0 radical (unpaired) electrons. The minimum Gasteiger partial charge on any atom is -0.339 e. The van der Waals surface area contributed by atoms with Crippen molar-refractivity contribution in [2.24, 2.45) is 5.73 Å². The van der Waals surface area contributed by atoms with E-state index in [9.17, 15) is 0 Å². The number of hydrogen-bond acceptors (Lipinski definition) is 4. The maximum atomic E-state index is 6.13. The van der Waals surface area contributed by atoms with E-state index in [0.29, 0.717) is 0 Å². The quantitative estimate of drug-likeness (QED) is 0.757. The molecule has 2 rings (SSSR count). The molecule has 1 aromatic rings. The number of nitrogens with zero attached hydrogens (tertiary/aromatic N) is 2. The first-order valence-corrected chi connectivity index (χ1v) is 5.89. The Hall–Kier alpha value is -0.900. The molecule has 0 spiro atoms. The number of nitrogens with two attached hydrogens (primary N) is 1. The smallest absolute Gasteiger partial charge is 0.231 e. The molecule has 2 unspecified atom stereocenters. The molecule has 4 heteroatoms. The lowest BCUT2D eigenvalue weighted by molar-refractivity contribution is 0.323. The summed E-state index contributed by atoms with van der Waals surface area (Å²) < 4.78 is 5.28. The summed E-state index contributed by atoms with van der Waals surface area (Å²) in [6.07, 6.45) is 6.72. The lowest BCUT2D eigenvalue weighted by atomic mass is 9.95. The van der Waals surface area contributed by atoms with Crippen LogP contribution in [0.5, 0.6) is 0 Å². The summed E-state index contributed by atoms with van der Waals surface area (Å²) in [4.78, 5) is 4.39. The van der Waals surface area contributed by atoms with Crippen LogP contribution in [0.15, 0.2) is 4.52 Å². The molecule has 1 aliphatic carbocycles. The van der Waals surface area contributed by atoms with Gasteiger partial charge in [0, 0.05) is 12.5 Å². The van der Waals surface area contributed by atoms with Gasteiger partial charge in [0.2, 0.25) is 5.89 Å². The number of rotatable bonds is 2. The molecular formula is C11H19N3O. The van der Waals surface area contributed by atoms with Gasteiger partial charge in [-0.1, -0.05) is 31.3 Å². The summed E-state index contributed by atoms with van der Waals surface area (Å²) in [5.41, 5.74) is 6.13. The molecule has 2 atom stereocenters. The fourth-order valence-corrected chi connectivity index (χ4v) is 2.20. The highest BCUT2D eigenvalue weighted by Gasteiger charge is 2.26. The molecule has 0 aromatic carbocycles. The summed E-state index contributed by atoms with van der Waals surface area (Å²) in [7, 11) is 0. The first kappa shape index (κ1) is 10.6. The molecule has 0 saturated heterocycles. The SMILES string of the molecule is CCc1noc(C2CCCCCC2N)n1. The van der Waals surface area contributed by atoms with Crippen LogP contribution in [0.4, 0.5) is 0 Å². The molecule has 15 heavy (non-hydrogen) atoms. The van der Waals surface area contributed by atoms with Crippen molar-refractivity contribution in [1.82, 2.24) is 10.1 Å². The molecule has 1 aliphatic rings. The monoisotopic (exact) mass is 209 g/mol. The Morgan fingerprint density at radius 1 is 1.33 bits per heavy atom. The van der Waals surface area contributed by atoms with Gasteiger partial charge >= 0.3 is 0 Å². The van der Waals surface area contributed by atoms with Gasteiger partial charge in [-0.25, -0.2) is 0 Å². The lowest BCUT2D eigenvalue weighted by Gasteiger charge is -2.16. The van der Waals surface area contributed by atoms with Gasteiger partial charge in [0.05, 0.1) is 5.92 Å². The fraction of sp³-hybridized carbons (Fsp3) is 0.818. The third-order valence-electron chi connectivity index (χ3n) is 3.19. The maximum absolute atomic E-state index is 6.13. The molecular weight excluding hydrogens is 190 g/mol. The maximum Gasteiger partial charge on any atom is 0.231 e. The van der Waals surface area contributed by atoms with Crippen LogP contribution in [0.3, 0.4) is 0 Å². The standard InChI is InChI=1S/C11H19N3O/c1-2-10-13-11(15-14-10)8-6-4-3-5-7-9(8)12/h8-9H,2-7,12H2,1H3. The predicted molar refractivity (Wildman–Crippen MR) is 57.5 cm³/mol. The molecule has 0 amide bonds. The highest BCUT2D eigenvalue weighted by atomic mass is 16.5. The first-order valence-electron chi connectivity index (χ1n) is 5.89. The second kappa shape index (κ2) is 4.75. The molecule has 1 heterocycles.